The Balaban J connectivity index is 2.16. The second-order valence-electron chi connectivity index (χ2n) is 4.14. The molecule has 1 aliphatic heterocycles. The topological polar surface area (TPSA) is 41.9 Å². The molecule has 4 nitrogen and oxygen atoms in total. The van der Waals surface area contributed by atoms with Gasteiger partial charge in [0.15, 0.2) is 0 Å². The zero-order valence-electron chi connectivity index (χ0n) is 10.2. The third-order valence-corrected chi connectivity index (χ3v) is 3.11. The Labute approximate surface area is 102 Å². The molecule has 0 aliphatic carbocycles. The molecule has 0 saturated carbocycles. The number of nitrogens with zero attached hydrogens (tertiary/aromatic N) is 1. The van der Waals surface area contributed by atoms with Crippen molar-refractivity contribution in [1.82, 2.24) is 4.90 Å². The fourth-order valence-electron chi connectivity index (χ4n) is 2.11. The van der Waals surface area contributed by atoms with Crippen molar-refractivity contribution in [2.24, 2.45) is 0 Å². The second kappa shape index (κ2) is 6.00. The van der Waals surface area contributed by atoms with Crippen LogP contribution in [0.25, 0.3) is 0 Å². The van der Waals surface area contributed by atoms with E-state index in [1.807, 2.05) is 18.2 Å². The molecule has 94 valence electrons. The van der Waals surface area contributed by atoms with Crippen molar-refractivity contribution in [3.05, 3.63) is 29.3 Å². The lowest BCUT2D eigenvalue weighted by atomic mass is 10.1. The molecular formula is C13H19NO3. The van der Waals surface area contributed by atoms with Crippen molar-refractivity contribution in [1.29, 1.82) is 0 Å². The van der Waals surface area contributed by atoms with Crippen LogP contribution in [0, 0.1) is 0 Å². The second-order valence-corrected chi connectivity index (χ2v) is 4.14. The smallest absolute Gasteiger partial charge is 0.123 e. The number of hydrogen-bond donors (Lipinski definition) is 1. The lowest BCUT2D eigenvalue weighted by Gasteiger charge is -2.28. The Kier molecular flexibility index (Phi) is 4.36. The van der Waals surface area contributed by atoms with Crippen LogP contribution in [0.1, 0.15) is 11.1 Å². The monoisotopic (exact) mass is 237 g/mol. The van der Waals surface area contributed by atoms with Gasteiger partial charge in [0.25, 0.3) is 0 Å². The van der Waals surface area contributed by atoms with Gasteiger partial charge < -0.3 is 14.6 Å². The number of aliphatic hydroxyl groups is 1. The maximum Gasteiger partial charge on any atom is 0.123 e. The Morgan fingerprint density at radius 1 is 1.35 bits per heavy atom. The molecule has 17 heavy (non-hydrogen) atoms. The molecule has 0 radical (unpaired) electrons. The normalized spacial score (nSPS) is 17.1. The van der Waals surface area contributed by atoms with Gasteiger partial charge in [-0.1, -0.05) is 12.1 Å². The molecule has 0 unspecified atom stereocenters. The van der Waals surface area contributed by atoms with E-state index in [4.69, 9.17) is 9.47 Å². The van der Waals surface area contributed by atoms with Gasteiger partial charge in [-0.25, -0.2) is 0 Å². The summed E-state index contributed by atoms with van der Waals surface area (Å²) in [5, 5.41) is 9.37. The summed E-state index contributed by atoms with van der Waals surface area (Å²) < 4.78 is 10.7. The summed E-state index contributed by atoms with van der Waals surface area (Å²) in [6.45, 7) is 4.29. The number of aliphatic hydroxyl groups excluding tert-OH is 1. The van der Waals surface area contributed by atoms with E-state index in [1.165, 1.54) is 0 Å². The largest absolute Gasteiger partial charge is 0.496 e. The molecule has 1 fully saturated rings. The van der Waals surface area contributed by atoms with Gasteiger partial charge in [0.1, 0.15) is 5.75 Å². The minimum Gasteiger partial charge on any atom is -0.496 e. The summed E-state index contributed by atoms with van der Waals surface area (Å²) in [4.78, 5) is 2.32. The molecule has 1 saturated heterocycles. The highest BCUT2D eigenvalue weighted by Crippen LogP contribution is 2.24. The summed E-state index contributed by atoms with van der Waals surface area (Å²) >= 11 is 0. The number of benzene rings is 1. The number of hydrogen-bond acceptors (Lipinski definition) is 4. The van der Waals surface area contributed by atoms with Crippen LogP contribution in [0.5, 0.6) is 5.75 Å². The number of morpholine rings is 1. The van der Waals surface area contributed by atoms with Crippen molar-refractivity contribution >= 4 is 0 Å². The molecule has 2 rings (SSSR count). The lowest BCUT2D eigenvalue weighted by molar-refractivity contribution is 0.0336. The van der Waals surface area contributed by atoms with E-state index in [9.17, 15) is 5.11 Å². The quantitative estimate of drug-likeness (QED) is 0.849. The van der Waals surface area contributed by atoms with Gasteiger partial charge in [-0.2, -0.15) is 0 Å². The standard InChI is InChI=1S/C13H19NO3/c1-16-13-4-2-3-11(10-15)12(13)9-14-5-7-17-8-6-14/h2-4,15H,5-10H2,1H3. The van der Waals surface area contributed by atoms with Gasteiger partial charge in [0.2, 0.25) is 0 Å². The average Bonchev–Trinajstić information content (AvgIpc) is 2.40. The summed E-state index contributed by atoms with van der Waals surface area (Å²) in [6.07, 6.45) is 0. The van der Waals surface area contributed by atoms with E-state index >= 15 is 0 Å². The zero-order chi connectivity index (χ0) is 12.1. The molecule has 0 spiro atoms. The first-order chi connectivity index (χ1) is 8.35. The number of rotatable bonds is 4. The minimum atomic E-state index is 0.0525. The van der Waals surface area contributed by atoms with E-state index in [0.29, 0.717) is 0 Å². The van der Waals surface area contributed by atoms with Gasteiger partial charge in [-0.05, 0) is 11.6 Å². The molecule has 0 bridgehead atoms. The fraction of sp³-hybridized carbons (Fsp3) is 0.538. The van der Waals surface area contributed by atoms with Gasteiger partial charge in [0, 0.05) is 25.2 Å². The molecule has 1 aromatic rings. The van der Waals surface area contributed by atoms with Crippen LogP contribution < -0.4 is 4.74 Å². The molecule has 0 atom stereocenters. The van der Waals surface area contributed by atoms with Crippen molar-refractivity contribution in [2.75, 3.05) is 33.4 Å². The SMILES string of the molecule is COc1cccc(CO)c1CN1CCOCC1. The van der Waals surface area contributed by atoms with Crippen LogP contribution >= 0.6 is 0 Å². The molecule has 1 aromatic carbocycles. The Morgan fingerprint density at radius 3 is 2.76 bits per heavy atom. The highest BCUT2D eigenvalue weighted by atomic mass is 16.5. The molecular weight excluding hydrogens is 218 g/mol. The minimum absolute atomic E-state index is 0.0525. The lowest BCUT2D eigenvalue weighted by Crippen LogP contribution is -2.36. The van der Waals surface area contributed by atoms with Crippen LogP contribution in [0.4, 0.5) is 0 Å². The van der Waals surface area contributed by atoms with E-state index in [0.717, 1.165) is 49.7 Å². The summed E-state index contributed by atoms with van der Waals surface area (Å²) in [5.41, 5.74) is 2.02. The van der Waals surface area contributed by atoms with Crippen LogP contribution in [0.3, 0.4) is 0 Å². The van der Waals surface area contributed by atoms with Crippen LogP contribution in [-0.4, -0.2) is 43.4 Å². The van der Waals surface area contributed by atoms with Gasteiger partial charge in [-0.3, -0.25) is 4.90 Å². The van der Waals surface area contributed by atoms with Crippen molar-refractivity contribution in [2.45, 2.75) is 13.2 Å². The maximum atomic E-state index is 9.37. The molecule has 1 N–H and O–H groups in total. The van der Waals surface area contributed by atoms with E-state index in [-0.39, 0.29) is 6.61 Å². The first kappa shape index (κ1) is 12.4. The highest BCUT2D eigenvalue weighted by Gasteiger charge is 2.15. The third kappa shape index (κ3) is 2.97. The van der Waals surface area contributed by atoms with Crippen molar-refractivity contribution < 1.29 is 14.6 Å². The van der Waals surface area contributed by atoms with Crippen molar-refractivity contribution in [3.63, 3.8) is 0 Å². The highest BCUT2D eigenvalue weighted by molar-refractivity contribution is 5.40. The summed E-state index contributed by atoms with van der Waals surface area (Å²) in [7, 11) is 1.67. The van der Waals surface area contributed by atoms with Gasteiger partial charge in [0.05, 0.1) is 26.9 Å². The Morgan fingerprint density at radius 2 is 2.12 bits per heavy atom. The average molecular weight is 237 g/mol. The molecule has 4 heteroatoms. The van der Waals surface area contributed by atoms with Gasteiger partial charge in [-0.15, -0.1) is 0 Å². The molecule has 0 amide bonds. The number of ether oxygens (including phenoxy) is 2. The zero-order valence-corrected chi connectivity index (χ0v) is 10.2. The van der Waals surface area contributed by atoms with Crippen LogP contribution in [-0.2, 0) is 17.9 Å². The fourth-order valence-corrected chi connectivity index (χ4v) is 2.11. The molecule has 1 aliphatic rings. The van der Waals surface area contributed by atoms with E-state index in [1.54, 1.807) is 7.11 Å². The predicted octanol–water partition coefficient (Wildman–Crippen LogP) is 1.02. The predicted molar refractivity (Wildman–Crippen MR) is 65.0 cm³/mol. The Hall–Kier alpha value is -1.10. The first-order valence-corrected chi connectivity index (χ1v) is 5.91. The molecule has 0 aromatic heterocycles. The third-order valence-electron chi connectivity index (χ3n) is 3.11. The van der Waals surface area contributed by atoms with Crippen LogP contribution in [0.15, 0.2) is 18.2 Å². The Bertz CT molecular complexity index is 339. The maximum absolute atomic E-state index is 9.37. The first-order valence-electron chi connectivity index (χ1n) is 5.91. The van der Waals surface area contributed by atoms with Crippen molar-refractivity contribution in [3.8, 4) is 5.75 Å². The summed E-state index contributed by atoms with van der Waals surface area (Å²) in [6, 6.07) is 5.79. The van der Waals surface area contributed by atoms with Gasteiger partial charge >= 0.3 is 0 Å². The van der Waals surface area contributed by atoms with E-state index < -0.39 is 0 Å². The molecule has 1 heterocycles. The number of methoxy groups -OCH3 is 1. The van der Waals surface area contributed by atoms with Crippen LogP contribution in [0.2, 0.25) is 0 Å². The van der Waals surface area contributed by atoms with E-state index in [2.05, 4.69) is 4.90 Å². The summed E-state index contributed by atoms with van der Waals surface area (Å²) in [5.74, 6) is 0.850.